The van der Waals surface area contributed by atoms with Crippen LogP contribution in [0.1, 0.15) is 35.8 Å². The molecule has 29 heavy (non-hydrogen) atoms. The van der Waals surface area contributed by atoms with Gasteiger partial charge in [-0.2, -0.15) is 0 Å². The molecule has 0 spiro atoms. The Kier molecular flexibility index (Phi) is 5.86. The fourth-order valence-corrected chi connectivity index (χ4v) is 3.16. The number of nitrogens with one attached hydrogen (secondary N) is 1. The first kappa shape index (κ1) is 19.1. The zero-order valence-electron chi connectivity index (χ0n) is 16.3. The Morgan fingerprint density at radius 1 is 1.21 bits per heavy atom. The molecule has 1 amide bonds. The van der Waals surface area contributed by atoms with Crippen LogP contribution in [0.4, 0.5) is 0 Å². The Hall–Kier alpha value is -3.19. The molecular formula is C22H23N3O4. The van der Waals surface area contributed by atoms with Crippen LogP contribution in [0.25, 0.3) is 28.2 Å². The van der Waals surface area contributed by atoms with Crippen LogP contribution in [0.5, 0.6) is 0 Å². The largest absolute Gasteiger partial charge is 0.491 e. The van der Waals surface area contributed by atoms with Crippen LogP contribution in [-0.2, 0) is 9.47 Å². The number of carbonyl (C=O) groups excluding carboxylic acids is 1. The van der Waals surface area contributed by atoms with E-state index >= 15 is 0 Å². The molecule has 1 aliphatic heterocycles. The van der Waals surface area contributed by atoms with Crippen LogP contribution in [0.15, 0.2) is 47.1 Å². The Bertz CT molecular complexity index is 1030. The Morgan fingerprint density at radius 3 is 2.86 bits per heavy atom. The first-order chi connectivity index (χ1) is 14.3. The standard InChI is InChI=1S/C22H23N3O4/c1-2-27-11-5-10-23-22(26)15-8-9-16-17(14-15)25-21(19-7-4-13-29-19)20(24-16)18-6-3-12-28-18/h4,6-9,13-14H,2-3,5,10-12H2,1H3,(H,23,26). The van der Waals surface area contributed by atoms with Gasteiger partial charge in [-0.25, -0.2) is 9.97 Å². The van der Waals surface area contributed by atoms with Crippen molar-refractivity contribution in [2.45, 2.75) is 19.8 Å². The molecule has 1 aliphatic rings. The predicted octanol–water partition coefficient (Wildman–Crippen LogP) is 3.81. The smallest absolute Gasteiger partial charge is 0.251 e. The van der Waals surface area contributed by atoms with Gasteiger partial charge in [0.2, 0.25) is 0 Å². The summed E-state index contributed by atoms with van der Waals surface area (Å²) in [5.41, 5.74) is 3.11. The molecule has 150 valence electrons. The summed E-state index contributed by atoms with van der Waals surface area (Å²) in [5.74, 6) is 1.18. The molecule has 0 saturated heterocycles. The van der Waals surface area contributed by atoms with Gasteiger partial charge in [0.25, 0.3) is 5.91 Å². The van der Waals surface area contributed by atoms with Crippen LogP contribution in [0, 0.1) is 0 Å². The number of fused-ring (bicyclic) bond motifs is 1. The summed E-state index contributed by atoms with van der Waals surface area (Å²) in [4.78, 5) is 22.0. The van der Waals surface area contributed by atoms with Crippen LogP contribution >= 0.6 is 0 Å². The van der Waals surface area contributed by atoms with E-state index in [9.17, 15) is 4.79 Å². The highest BCUT2D eigenvalue weighted by atomic mass is 16.5. The third kappa shape index (κ3) is 4.30. The highest BCUT2D eigenvalue weighted by molar-refractivity contribution is 5.97. The number of benzene rings is 1. The summed E-state index contributed by atoms with van der Waals surface area (Å²) < 4.78 is 16.5. The van der Waals surface area contributed by atoms with Crippen molar-refractivity contribution in [3.63, 3.8) is 0 Å². The lowest BCUT2D eigenvalue weighted by Gasteiger charge is -2.10. The Morgan fingerprint density at radius 2 is 2.10 bits per heavy atom. The number of ether oxygens (including phenoxy) is 2. The van der Waals surface area contributed by atoms with Gasteiger partial charge in [0.1, 0.15) is 17.1 Å². The number of hydrogen-bond donors (Lipinski definition) is 1. The number of hydrogen-bond acceptors (Lipinski definition) is 6. The molecule has 0 bridgehead atoms. The van der Waals surface area contributed by atoms with E-state index in [2.05, 4.69) is 5.32 Å². The van der Waals surface area contributed by atoms with Gasteiger partial charge in [-0.1, -0.05) is 0 Å². The molecule has 3 heterocycles. The molecule has 0 fully saturated rings. The quantitative estimate of drug-likeness (QED) is 0.586. The second-order valence-corrected chi connectivity index (χ2v) is 6.61. The third-order valence-electron chi connectivity index (χ3n) is 4.57. The van der Waals surface area contributed by atoms with E-state index in [0.717, 1.165) is 12.8 Å². The molecule has 4 rings (SSSR count). The number of amides is 1. The van der Waals surface area contributed by atoms with E-state index in [0.29, 0.717) is 65.9 Å². The summed E-state index contributed by atoms with van der Waals surface area (Å²) in [7, 11) is 0. The molecule has 7 nitrogen and oxygen atoms in total. The maximum atomic E-state index is 12.5. The molecular weight excluding hydrogens is 370 g/mol. The maximum Gasteiger partial charge on any atom is 0.251 e. The van der Waals surface area contributed by atoms with Gasteiger partial charge in [-0.05, 0) is 49.8 Å². The monoisotopic (exact) mass is 393 g/mol. The zero-order valence-corrected chi connectivity index (χ0v) is 16.3. The van der Waals surface area contributed by atoms with E-state index in [1.165, 1.54) is 0 Å². The zero-order chi connectivity index (χ0) is 20.1. The van der Waals surface area contributed by atoms with E-state index in [4.69, 9.17) is 23.9 Å². The van der Waals surface area contributed by atoms with Crippen LogP contribution in [0.3, 0.4) is 0 Å². The van der Waals surface area contributed by atoms with Crippen LogP contribution < -0.4 is 5.32 Å². The molecule has 0 unspecified atom stereocenters. The van der Waals surface area contributed by atoms with Gasteiger partial charge in [0, 0.05) is 31.7 Å². The number of carbonyl (C=O) groups is 1. The first-order valence-electron chi connectivity index (χ1n) is 9.81. The van der Waals surface area contributed by atoms with Crippen molar-refractivity contribution in [2.75, 3.05) is 26.4 Å². The highest BCUT2D eigenvalue weighted by Gasteiger charge is 2.20. The van der Waals surface area contributed by atoms with Gasteiger partial charge in [-0.15, -0.1) is 0 Å². The number of furan rings is 1. The number of aromatic nitrogens is 2. The van der Waals surface area contributed by atoms with E-state index < -0.39 is 0 Å². The molecule has 3 aromatic rings. The molecule has 1 aromatic carbocycles. The summed E-state index contributed by atoms with van der Waals surface area (Å²) in [5, 5.41) is 2.91. The van der Waals surface area contributed by atoms with Gasteiger partial charge < -0.3 is 19.2 Å². The van der Waals surface area contributed by atoms with Crippen molar-refractivity contribution in [2.24, 2.45) is 0 Å². The lowest BCUT2D eigenvalue weighted by atomic mass is 10.1. The average Bonchev–Trinajstić information content (AvgIpc) is 3.46. The van der Waals surface area contributed by atoms with Gasteiger partial charge >= 0.3 is 0 Å². The molecule has 0 aliphatic carbocycles. The minimum absolute atomic E-state index is 0.143. The van der Waals surface area contributed by atoms with Crippen LogP contribution in [0.2, 0.25) is 0 Å². The Labute approximate surface area is 168 Å². The van der Waals surface area contributed by atoms with Crippen LogP contribution in [-0.4, -0.2) is 42.2 Å². The second-order valence-electron chi connectivity index (χ2n) is 6.61. The van der Waals surface area contributed by atoms with Crippen molar-refractivity contribution in [3.8, 4) is 11.5 Å². The molecule has 7 heteroatoms. The van der Waals surface area contributed by atoms with Gasteiger partial charge in [0.05, 0.1) is 23.9 Å². The summed E-state index contributed by atoms with van der Waals surface area (Å²) in [6.07, 6.45) is 5.22. The first-order valence-corrected chi connectivity index (χ1v) is 9.81. The summed E-state index contributed by atoms with van der Waals surface area (Å²) in [6, 6.07) is 8.96. The maximum absolute atomic E-state index is 12.5. The van der Waals surface area contributed by atoms with Gasteiger partial charge in [0.15, 0.2) is 5.76 Å². The van der Waals surface area contributed by atoms with Crippen molar-refractivity contribution >= 4 is 22.7 Å². The molecule has 0 radical (unpaired) electrons. The number of nitrogens with zero attached hydrogens (tertiary/aromatic N) is 2. The number of rotatable bonds is 8. The second kappa shape index (κ2) is 8.87. The average molecular weight is 393 g/mol. The molecule has 0 saturated carbocycles. The lowest BCUT2D eigenvalue weighted by Crippen LogP contribution is -2.25. The topological polar surface area (TPSA) is 86.5 Å². The Balaban J connectivity index is 1.63. The SMILES string of the molecule is CCOCCCNC(=O)c1ccc2nc(C3=CCCO3)c(-c3ccco3)nc2c1. The van der Waals surface area contributed by atoms with E-state index in [-0.39, 0.29) is 5.91 Å². The fraction of sp³-hybridized carbons (Fsp3) is 0.318. The van der Waals surface area contributed by atoms with Crippen molar-refractivity contribution in [1.29, 1.82) is 0 Å². The van der Waals surface area contributed by atoms with E-state index in [1.54, 1.807) is 24.5 Å². The third-order valence-corrected chi connectivity index (χ3v) is 4.57. The minimum atomic E-state index is -0.143. The highest BCUT2D eigenvalue weighted by Crippen LogP contribution is 2.31. The normalized spacial score (nSPS) is 13.3. The van der Waals surface area contributed by atoms with Crippen molar-refractivity contribution in [3.05, 3.63) is 53.9 Å². The predicted molar refractivity (Wildman–Crippen MR) is 109 cm³/mol. The van der Waals surface area contributed by atoms with Crippen molar-refractivity contribution < 1.29 is 18.7 Å². The van der Waals surface area contributed by atoms with Crippen molar-refractivity contribution in [1.82, 2.24) is 15.3 Å². The summed E-state index contributed by atoms with van der Waals surface area (Å²) >= 11 is 0. The molecule has 0 atom stereocenters. The van der Waals surface area contributed by atoms with E-state index in [1.807, 2.05) is 25.1 Å². The minimum Gasteiger partial charge on any atom is -0.491 e. The summed E-state index contributed by atoms with van der Waals surface area (Å²) in [6.45, 7) is 4.46. The fourth-order valence-electron chi connectivity index (χ4n) is 3.16. The molecule has 1 N–H and O–H groups in total. The molecule has 2 aromatic heterocycles. The lowest BCUT2D eigenvalue weighted by molar-refractivity contribution is 0.0944. The van der Waals surface area contributed by atoms with Gasteiger partial charge in [-0.3, -0.25) is 4.79 Å².